The minimum absolute atomic E-state index is 0. The van der Waals surface area contributed by atoms with E-state index in [-0.39, 0.29) is 34.9 Å². The minimum Gasteiger partial charge on any atom is -0.854 e. The van der Waals surface area contributed by atoms with Crippen LogP contribution in [-0.4, -0.2) is 13.2 Å². The van der Waals surface area contributed by atoms with Crippen LogP contribution in [0.25, 0.3) is 0 Å². The standard InChI is InChI=1S/C5H5.2C4H9O.Ti/c1-2-4-5-3-1;2*1-2-3-4-5;/h1-5H;2*2-4H2,1H3;/q3*-1;+3. The molecule has 0 aliphatic rings. The maximum Gasteiger partial charge on any atom is 3.00 e. The first-order valence-corrected chi connectivity index (χ1v) is 5.66. The molecular weight excluding hydrogens is 236 g/mol. The third-order valence-corrected chi connectivity index (χ3v) is 1.55. The fourth-order valence-corrected chi connectivity index (χ4v) is 0.609. The topological polar surface area (TPSA) is 46.1 Å². The van der Waals surface area contributed by atoms with Gasteiger partial charge in [0.2, 0.25) is 0 Å². The van der Waals surface area contributed by atoms with E-state index in [0.717, 1.165) is 25.7 Å². The van der Waals surface area contributed by atoms with Gasteiger partial charge in [-0.05, 0) is 0 Å². The van der Waals surface area contributed by atoms with E-state index < -0.39 is 0 Å². The van der Waals surface area contributed by atoms with Gasteiger partial charge in [-0.1, -0.05) is 39.5 Å². The summed E-state index contributed by atoms with van der Waals surface area (Å²) in [6, 6.07) is 10.0. The van der Waals surface area contributed by atoms with Crippen molar-refractivity contribution in [3.8, 4) is 0 Å². The van der Waals surface area contributed by atoms with Crippen LogP contribution >= 0.6 is 0 Å². The van der Waals surface area contributed by atoms with E-state index >= 15 is 0 Å². The Hall–Kier alpha value is -0.0157. The van der Waals surface area contributed by atoms with Crippen molar-refractivity contribution in [3.63, 3.8) is 0 Å². The number of unbranched alkanes of at least 4 members (excludes halogenated alkanes) is 2. The van der Waals surface area contributed by atoms with Gasteiger partial charge in [0, 0.05) is 0 Å². The molecule has 0 aromatic heterocycles. The fraction of sp³-hybridized carbons (Fsp3) is 0.615. The van der Waals surface area contributed by atoms with Crippen LogP contribution in [0.3, 0.4) is 0 Å². The molecule has 91 valence electrons. The Kier molecular flexibility index (Phi) is 32.3. The van der Waals surface area contributed by atoms with Crippen molar-refractivity contribution in [2.45, 2.75) is 39.5 Å². The molecule has 1 radical (unpaired) electrons. The monoisotopic (exact) mass is 259 g/mol. The molecule has 0 fully saturated rings. The Morgan fingerprint density at radius 2 is 1.25 bits per heavy atom. The summed E-state index contributed by atoms with van der Waals surface area (Å²) in [6.07, 6.45) is 3.73. The van der Waals surface area contributed by atoms with Gasteiger partial charge in [-0.3, -0.25) is 0 Å². The van der Waals surface area contributed by atoms with Crippen molar-refractivity contribution in [2.24, 2.45) is 0 Å². The van der Waals surface area contributed by atoms with E-state index in [1.165, 1.54) is 0 Å². The van der Waals surface area contributed by atoms with Gasteiger partial charge in [0.15, 0.2) is 0 Å². The SMILES string of the molecule is CCCC[O-].CCCC[O-].[Ti+3].c1cc[cH-]c1. The van der Waals surface area contributed by atoms with Gasteiger partial charge in [-0.2, -0.15) is 18.2 Å². The summed E-state index contributed by atoms with van der Waals surface area (Å²) >= 11 is 0. The fourth-order valence-electron chi connectivity index (χ4n) is 0.609. The van der Waals surface area contributed by atoms with Gasteiger partial charge in [-0.15, -0.1) is 13.2 Å². The molecule has 0 saturated heterocycles. The van der Waals surface area contributed by atoms with Crippen molar-refractivity contribution in [1.29, 1.82) is 0 Å². The summed E-state index contributed by atoms with van der Waals surface area (Å²) in [5, 5.41) is 19.1. The molecule has 1 rings (SSSR count). The van der Waals surface area contributed by atoms with Crippen LogP contribution < -0.4 is 10.2 Å². The molecule has 16 heavy (non-hydrogen) atoms. The molecule has 2 nitrogen and oxygen atoms in total. The molecule has 0 spiro atoms. The van der Waals surface area contributed by atoms with Crippen molar-refractivity contribution in [2.75, 3.05) is 13.2 Å². The Labute approximate surface area is 115 Å². The van der Waals surface area contributed by atoms with Gasteiger partial charge < -0.3 is 10.2 Å². The van der Waals surface area contributed by atoms with Crippen LogP contribution in [0.2, 0.25) is 0 Å². The molecule has 1 aromatic rings. The summed E-state index contributed by atoms with van der Waals surface area (Å²) < 4.78 is 0. The summed E-state index contributed by atoms with van der Waals surface area (Å²) in [5.41, 5.74) is 0. The van der Waals surface area contributed by atoms with Crippen molar-refractivity contribution in [1.82, 2.24) is 0 Å². The Morgan fingerprint density at radius 1 is 0.875 bits per heavy atom. The van der Waals surface area contributed by atoms with E-state index in [1.807, 2.05) is 44.2 Å². The zero-order chi connectivity index (χ0) is 11.8. The molecule has 1 aromatic carbocycles. The zero-order valence-corrected chi connectivity index (χ0v) is 12.0. The number of rotatable bonds is 4. The molecule has 3 heteroatoms. The average molecular weight is 259 g/mol. The molecule has 0 aliphatic carbocycles. The van der Waals surface area contributed by atoms with E-state index in [0.29, 0.717) is 0 Å². The summed E-state index contributed by atoms with van der Waals surface area (Å²) in [6.45, 7) is 4.21. The molecule has 0 atom stereocenters. The van der Waals surface area contributed by atoms with Crippen LogP contribution in [0.5, 0.6) is 0 Å². The zero-order valence-electron chi connectivity index (χ0n) is 10.4. The first kappa shape index (κ1) is 21.3. The van der Waals surface area contributed by atoms with Crippen molar-refractivity contribution in [3.05, 3.63) is 30.3 Å². The summed E-state index contributed by atoms with van der Waals surface area (Å²) in [7, 11) is 0. The molecule has 0 aliphatic heterocycles. The quantitative estimate of drug-likeness (QED) is 0.610. The van der Waals surface area contributed by atoms with Gasteiger partial charge in [0.25, 0.3) is 0 Å². The first-order valence-electron chi connectivity index (χ1n) is 5.66. The molecule has 0 unspecified atom stereocenters. The predicted molar refractivity (Wildman–Crippen MR) is 61.6 cm³/mol. The minimum atomic E-state index is 0. The molecule has 0 saturated carbocycles. The predicted octanol–water partition coefficient (Wildman–Crippen LogP) is 1.70. The van der Waals surface area contributed by atoms with E-state index in [4.69, 9.17) is 0 Å². The van der Waals surface area contributed by atoms with Crippen LogP contribution in [0, 0.1) is 0 Å². The van der Waals surface area contributed by atoms with Crippen LogP contribution in [-0.2, 0) is 21.7 Å². The van der Waals surface area contributed by atoms with E-state index in [2.05, 4.69) is 0 Å². The number of hydrogen-bond donors (Lipinski definition) is 0. The average Bonchev–Trinajstić information content (AvgIpc) is 2.79. The molecule has 0 bridgehead atoms. The second kappa shape index (κ2) is 24.3. The Morgan fingerprint density at radius 3 is 1.31 bits per heavy atom. The largest absolute Gasteiger partial charge is 3.00 e. The third-order valence-electron chi connectivity index (χ3n) is 1.55. The van der Waals surface area contributed by atoms with Crippen LogP contribution in [0.4, 0.5) is 0 Å². The molecule has 0 amide bonds. The second-order valence-corrected chi connectivity index (χ2v) is 3.08. The Bertz CT molecular complexity index is 126. The van der Waals surface area contributed by atoms with Crippen LogP contribution in [0.1, 0.15) is 39.5 Å². The van der Waals surface area contributed by atoms with Gasteiger partial charge in [-0.25, -0.2) is 12.1 Å². The number of hydrogen-bond acceptors (Lipinski definition) is 2. The van der Waals surface area contributed by atoms with E-state index in [9.17, 15) is 10.2 Å². The van der Waals surface area contributed by atoms with E-state index in [1.54, 1.807) is 0 Å². The first-order chi connectivity index (χ1) is 7.33. The maximum atomic E-state index is 9.53. The van der Waals surface area contributed by atoms with Crippen molar-refractivity contribution < 1.29 is 31.9 Å². The summed E-state index contributed by atoms with van der Waals surface area (Å²) in [5.74, 6) is 0. The van der Waals surface area contributed by atoms with Gasteiger partial charge in [0.05, 0.1) is 0 Å². The van der Waals surface area contributed by atoms with Gasteiger partial charge in [0.1, 0.15) is 0 Å². The maximum absolute atomic E-state index is 9.53. The Balaban J connectivity index is -0.000000154. The normalized spacial score (nSPS) is 7.75. The van der Waals surface area contributed by atoms with Crippen molar-refractivity contribution >= 4 is 0 Å². The second-order valence-electron chi connectivity index (χ2n) is 3.08. The van der Waals surface area contributed by atoms with Gasteiger partial charge >= 0.3 is 21.7 Å². The summed E-state index contributed by atoms with van der Waals surface area (Å²) in [4.78, 5) is 0. The van der Waals surface area contributed by atoms with Crippen LogP contribution in [0.15, 0.2) is 30.3 Å². The molecule has 0 N–H and O–H groups in total. The molecular formula is C13H23O2Ti. The third kappa shape index (κ3) is 29.2. The smallest absolute Gasteiger partial charge is 0.854 e. The molecule has 0 heterocycles.